The molecule has 1 fully saturated rings. The number of fused-ring (bicyclic) bond motifs is 1. The van der Waals surface area contributed by atoms with Crippen LogP contribution in [0.2, 0.25) is 0 Å². The Kier molecular flexibility index (Phi) is 6.14. The van der Waals surface area contributed by atoms with E-state index in [2.05, 4.69) is 25.6 Å². The second-order valence-electron chi connectivity index (χ2n) is 9.05. The molecule has 5 rings (SSSR count). The van der Waals surface area contributed by atoms with E-state index in [0.717, 1.165) is 23.2 Å². The van der Waals surface area contributed by atoms with Crippen LogP contribution in [-0.4, -0.2) is 26.6 Å². The largest absolute Gasteiger partial charge is 0.418 e. The lowest BCUT2D eigenvalue weighted by molar-refractivity contribution is -0.137. The van der Waals surface area contributed by atoms with Gasteiger partial charge in [-0.1, -0.05) is 0 Å². The Hall–Kier alpha value is -4.28. The molecule has 7 nitrogen and oxygen atoms in total. The molecule has 0 unspecified atom stereocenters. The number of H-pyrrole nitrogens is 1. The highest BCUT2D eigenvalue weighted by molar-refractivity contribution is 6.02. The third-order valence-electron chi connectivity index (χ3n) is 6.38. The molecule has 1 amide bonds. The average Bonchev–Trinajstić information content (AvgIpc) is 3.49. The molecule has 1 aromatic carbocycles. The van der Waals surface area contributed by atoms with Gasteiger partial charge in [0.05, 0.1) is 51.8 Å². The summed E-state index contributed by atoms with van der Waals surface area (Å²) in [4.78, 5) is 37.1. The van der Waals surface area contributed by atoms with Crippen LogP contribution in [0.3, 0.4) is 0 Å². The molecule has 0 bridgehead atoms. The van der Waals surface area contributed by atoms with Gasteiger partial charge in [-0.2, -0.15) is 13.2 Å². The number of amides is 1. The Balaban J connectivity index is 1.18. The Bertz CT molecular complexity index is 1480. The summed E-state index contributed by atoms with van der Waals surface area (Å²) in [7, 11) is 0. The minimum Gasteiger partial charge on any atom is -0.360 e. The van der Waals surface area contributed by atoms with Gasteiger partial charge in [-0.25, -0.2) is 4.39 Å². The van der Waals surface area contributed by atoms with E-state index in [0.29, 0.717) is 30.2 Å². The van der Waals surface area contributed by atoms with Gasteiger partial charge in [0.25, 0.3) is 0 Å². The molecule has 11 heteroatoms. The Labute approximate surface area is 208 Å². The molecule has 3 heterocycles. The van der Waals surface area contributed by atoms with Gasteiger partial charge in [0, 0.05) is 24.4 Å². The van der Waals surface area contributed by atoms with Crippen molar-refractivity contribution in [1.29, 1.82) is 0 Å². The zero-order chi connectivity index (χ0) is 26.2. The number of halogens is 4. The van der Waals surface area contributed by atoms with Gasteiger partial charge in [-0.3, -0.25) is 19.6 Å². The van der Waals surface area contributed by atoms with E-state index in [1.165, 1.54) is 18.5 Å². The van der Waals surface area contributed by atoms with Gasteiger partial charge >= 0.3 is 6.18 Å². The molecule has 1 saturated carbocycles. The van der Waals surface area contributed by atoms with Crippen LogP contribution in [0.15, 0.2) is 61.1 Å². The minimum absolute atomic E-state index is 0.0717. The van der Waals surface area contributed by atoms with Gasteiger partial charge in [-0.05, 0) is 55.3 Å². The number of hydrogen-bond acceptors (Lipinski definition) is 5. The molecule has 190 valence electrons. The molecular formula is C26H21F4N5O2. The quantitative estimate of drug-likeness (QED) is 0.213. The fourth-order valence-corrected chi connectivity index (χ4v) is 4.11. The van der Waals surface area contributed by atoms with Gasteiger partial charge in [0.15, 0.2) is 5.78 Å². The maximum Gasteiger partial charge on any atom is 0.418 e. The molecular weight excluding hydrogens is 490 g/mol. The molecule has 0 saturated heterocycles. The summed E-state index contributed by atoms with van der Waals surface area (Å²) >= 11 is 0. The maximum atomic E-state index is 13.3. The third-order valence-corrected chi connectivity index (χ3v) is 6.38. The van der Waals surface area contributed by atoms with Crippen molar-refractivity contribution in [2.75, 3.05) is 5.32 Å². The van der Waals surface area contributed by atoms with Crippen molar-refractivity contribution in [2.45, 2.75) is 32.0 Å². The number of pyridine rings is 2. The van der Waals surface area contributed by atoms with E-state index >= 15 is 0 Å². The summed E-state index contributed by atoms with van der Waals surface area (Å²) in [5.41, 5.74) is 0.496. The van der Waals surface area contributed by atoms with Crippen molar-refractivity contribution in [3.63, 3.8) is 0 Å². The second kappa shape index (κ2) is 9.30. The molecule has 3 aromatic heterocycles. The van der Waals surface area contributed by atoms with Gasteiger partial charge in [-0.15, -0.1) is 0 Å². The first-order valence-electron chi connectivity index (χ1n) is 11.5. The number of carbonyl (C=O) groups is 2. The van der Waals surface area contributed by atoms with Crippen molar-refractivity contribution in [2.24, 2.45) is 5.41 Å². The molecule has 0 radical (unpaired) electrons. The molecule has 0 spiro atoms. The fraction of sp³-hybridized carbons (Fsp3) is 0.231. The molecule has 1 aliphatic rings. The number of aromatic amines is 1. The zero-order valence-corrected chi connectivity index (χ0v) is 19.3. The normalized spacial score (nSPS) is 14.4. The summed E-state index contributed by atoms with van der Waals surface area (Å²) < 4.78 is 52.9. The van der Waals surface area contributed by atoms with Crippen LogP contribution in [-0.2, 0) is 17.5 Å². The predicted octanol–water partition coefficient (Wildman–Crippen LogP) is 5.53. The third kappa shape index (κ3) is 5.30. The highest BCUT2D eigenvalue weighted by Gasteiger charge is 2.51. The van der Waals surface area contributed by atoms with E-state index in [4.69, 9.17) is 0 Å². The van der Waals surface area contributed by atoms with Crippen LogP contribution in [0.1, 0.15) is 40.9 Å². The van der Waals surface area contributed by atoms with E-state index in [1.54, 1.807) is 24.4 Å². The number of benzene rings is 1. The number of nitrogens with one attached hydrogen (secondary N) is 3. The first-order valence-corrected chi connectivity index (χ1v) is 11.5. The summed E-state index contributed by atoms with van der Waals surface area (Å²) in [6, 6.07) is 8.96. The summed E-state index contributed by atoms with van der Waals surface area (Å²) in [5, 5.41) is 5.40. The van der Waals surface area contributed by atoms with Crippen molar-refractivity contribution < 1.29 is 27.2 Å². The van der Waals surface area contributed by atoms with Crippen molar-refractivity contribution in [3.05, 3.63) is 83.7 Å². The number of nitrogens with zero attached hydrogens (tertiary/aromatic N) is 2. The molecule has 37 heavy (non-hydrogen) atoms. The highest BCUT2D eigenvalue weighted by Crippen LogP contribution is 2.49. The fourth-order valence-electron chi connectivity index (χ4n) is 4.11. The van der Waals surface area contributed by atoms with Crippen molar-refractivity contribution >= 4 is 34.1 Å². The minimum atomic E-state index is -4.73. The van der Waals surface area contributed by atoms with Crippen LogP contribution < -0.4 is 10.6 Å². The summed E-state index contributed by atoms with van der Waals surface area (Å²) in [5.74, 6) is -1.40. The first-order chi connectivity index (χ1) is 17.6. The predicted molar refractivity (Wildman–Crippen MR) is 127 cm³/mol. The number of carbonyl (C=O) groups excluding carboxylic acids is 2. The van der Waals surface area contributed by atoms with E-state index in [1.807, 2.05) is 0 Å². The lowest BCUT2D eigenvalue weighted by atomic mass is 9.95. The zero-order valence-electron chi connectivity index (χ0n) is 19.3. The van der Waals surface area contributed by atoms with Crippen molar-refractivity contribution in [1.82, 2.24) is 20.3 Å². The molecule has 0 atom stereocenters. The Morgan fingerprint density at radius 2 is 1.84 bits per heavy atom. The molecule has 3 N–H and O–H groups in total. The number of ketones is 1. The molecule has 1 aliphatic carbocycles. The standard InChI is InChI=1S/C26H21F4N5O2/c27-16-1-4-20(19(10-16)26(28,29)30)35-18-3-2-17(32-14-18)13-34-24(37)25(6-7-25)11-23(36)15-9-22-21(33-12-15)5-8-31-22/h1-5,8-10,12,14,31,35H,6-7,11,13H2,(H,34,37). The van der Waals surface area contributed by atoms with Crippen LogP contribution in [0.4, 0.5) is 28.9 Å². The SMILES string of the molecule is O=C(CC1(C(=O)NCc2ccc(Nc3ccc(F)cc3C(F)(F)F)cn2)CC1)c1cnc2cc[nH]c2c1. The summed E-state index contributed by atoms with van der Waals surface area (Å²) in [6.07, 6.45) is 1.10. The molecule has 4 aromatic rings. The first kappa shape index (κ1) is 24.4. The number of anilines is 2. The highest BCUT2D eigenvalue weighted by atomic mass is 19.4. The number of alkyl halides is 3. The van der Waals surface area contributed by atoms with E-state index < -0.39 is 23.0 Å². The summed E-state index contributed by atoms with van der Waals surface area (Å²) in [6.45, 7) is 0.0927. The van der Waals surface area contributed by atoms with E-state index in [-0.39, 0.29) is 36.0 Å². The van der Waals surface area contributed by atoms with Crippen LogP contribution in [0.25, 0.3) is 11.0 Å². The van der Waals surface area contributed by atoms with E-state index in [9.17, 15) is 27.2 Å². The Morgan fingerprint density at radius 3 is 2.54 bits per heavy atom. The Morgan fingerprint density at radius 1 is 1.03 bits per heavy atom. The average molecular weight is 511 g/mol. The van der Waals surface area contributed by atoms with Crippen molar-refractivity contribution in [3.8, 4) is 0 Å². The number of rotatable bonds is 8. The van der Waals surface area contributed by atoms with Crippen LogP contribution in [0.5, 0.6) is 0 Å². The lowest BCUT2D eigenvalue weighted by Crippen LogP contribution is -2.33. The van der Waals surface area contributed by atoms with Gasteiger partial charge < -0.3 is 15.6 Å². The monoisotopic (exact) mass is 511 g/mol. The van der Waals surface area contributed by atoms with Crippen LogP contribution in [0, 0.1) is 11.2 Å². The topological polar surface area (TPSA) is 99.8 Å². The number of Topliss-reactive ketones (excluding diaryl/α,β-unsaturated/α-hetero) is 1. The number of aromatic nitrogens is 3. The lowest BCUT2D eigenvalue weighted by Gasteiger charge is -2.16. The second-order valence-corrected chi connectivity index (χ2v) is 9.05. The molecule has 0 aliphatic heterocycles. The van der Waals surface area contributed by atoms with Gasteiger partial charge in [0.1, 0.15) is 5.82 Å². The number of hydrogen-bond donors (Lipinski definition) is 3. The van der Waals surface area contributed by atoms with Gasteiger partial charge in [0.2, 0.25) is 5.91 Å². The maximum absolute atomic E-state index is 13.3. The smallest absolute Gasteiger partial charge is 0.360 e. The van der Waals surface area contributed by atoms with Crippen LogP contribution >= 0.6 is 0 Å².